The quantitative estimate of drug-likeness (QED) is 0.802. The van der Waals surface area contributed by atoms with Crippen molar-refractivity contribution in [2.45, 2.75) is 45.8 Å². The third-order valence-electron chi connectivity index (χ3n) is 2.49. The molecule has 1 amide bonds. The third-order valence-corrected chi connectivity index (χ3v) is 4.21. The van der Waals surface area contributed by atoms with Crippen LogP contribution >= 0.6 is 27.3 Å². The molecule has 1 rings (SSSR count). The molecule has 0 saturated heterocycles. The summed E-state index contributed by atoms with van der Waals surface area (Å²) >= 11 is 4.96. The Bertz CT molecular complexity index is 447. The van der Waals surface area contributed by atoms with E-state index in [1.807, 2.05) is 19.1 Å². The van der Waals surface area contributed by atoms with E-state index in [0.29, 0.717) is 0 Å². The lowest BCUT2D eigenvalue weighted by Crippen LogP contribution is -2.38. The lowest BCUT2D eigenvalue weighted by Gasteiger charge is -2.19. The Balaban J connectivity index is 2.68. The van der Waals surface area contributed by atoms with E-state index in [-0.39, 0.29) is 12.0 Å². The predicted molar refractivity (Wildman–Crippen MR) is 79.0 cm³/mol. The summed E-state index contributed by atoms with van der Waals surface area (Å²) in [5, 5.41) is 2.53. The SMILES string of the molecule is CCCC(OC(=O)C(C)NC(C)=O)c1ccc(Br)s1. The Morgan fingerprint density at radius 2 is 2.16 bits per heavy atom. The van der Waals surface area contributed by atoms with Gasteiger partial charge >= 0.3 is 5.97 Å². The van der Waals surface area contributed by atoms with Gasteiger partial charge in [-0.05, 0) is 41.4 Å². The Labute approximate surface area is 125 Å². The zero-order valence-corrected chi connectivity index (χ0v) is 13.6. The highest BCUT2D eigenvalue weighted by Crippen LogP contribution is 2.32. The summed E-state index contributed by atoms with van der Waals surface area (Å²) < 4.78 is 6.50. The Morgan fingerprint density at radius 3 is 2.63 bits per heavy atom. The minimum absolute atomic E-state index is 0.240. The first-order valence-electron chi connectivity index (χ1n) is 6.16. The van der Waals surface area contributed by atoms with Crippen LogP contribution in [0.3, 0.4) is 0 Å². The maximum Gasteiger partial charge on any atom is 0.328 e. The summed E-state index contributed by atoms with van der Waals surface area (Å²) in [5.74, 6) is -0.645. The molecule has 4 nitrogen and oxygen atoms in total. The largest absolute Gasteiger partial charge is 0.455 e. The van der Waals surface area contributed by atoms with Crippen molar-refractivity contribution in [1.82, 2.24) is 5.32 Å². The first-order chi connectivity index (χ1) is 8.93. The topological polar surface area (TPSA) is 55.4 Å². The summed E-state index contributed by atoms with van der Waals surface area (Å²) in [7, 11) is 0. The summed E-state index contributed by atoms with van der Waals surface area (Å²) in [5.41, 5.74) is 0. The average molecular weight is 348 g/mol. The van der Waals surface area contributed by atoms with Gasteiger partial charge in [-0.15, -0.1) is 11.3 Å². The maximum atomic E-state index is 11.9. The van der Waals surface area contributed by atoms with E-state index in [1.54, 1.807) is 18.3 Å². The van der Waals surface area contributed by atoms with Gasteiger partial charge in [-0.25, -0.2) is 4.79 Å². The molecule has 1 aromatic rings. The smallest absolute Gasteiger partial charge is 0.328 e. The van der Waals surface area contributed by atoms with Gasteiger partial charge in [0.2, 0.25) is 5.91 Å². The molecule has 1 heterocycles. The zero-order chi connectivity index (χ0) is 14.4. The summed E-state index contributed by atoms with van der Waals surface area (Å²) in [4.78, 5) is 23.8. The molecule has 106 valence electrons. The first-order valence-corrected chi connectivity index (χ1v) is 7.77. The lowest BCUT2D eigenvalue weighted by molar-refractivity contribution is -0.153. The van der Waals surface area contributed by atoms with Gasteiger partial charge in [-0.3, -0.25) is 4.79 Å². The molecule has 0 spiro atoms. The molecule has 1 N–H and O–H groups in total. The van der Waals surface area contributed by atoms with Crippen LogP contribution < -0.4 is 5.32 Å². The van der Waals surface area contributed by atoms with Crippen LogP contribution in [0.2, 0.25) is 0 Å². The Kier molecular flexibility index (Phi) is 6.51. The standard InChI is InChI=1S/C13H18BrNO3S/c1-4-5-10(11-6-7-12(14)19-11)18-13(17)8(2)15-9(3)16/h6-8,10H,4-5H2,1-3H3,(H,15,16). The van der Waals surface area contributed by atoms with Gasteiger partial charge < -0.3 is 10.1 Å². The minimum Gasteiger partial charge on any atom is -0.455 e. The van der Waals surface area contributed by atoms with Crippen molar-refractivity contribution in [3.8, 4) is 0 Å². The molecule has 0 aromatic carbocycles. The second-order valence-corrected chi connectivity index (χ2v) is 6.77. The number of hydrogen-bond acceptors (Lipinski definition) is 4. The van der Waals surface area contributed by atoms with Gasteiger partial charge in [-0.1, -0.05) is 13.3 Å². The van der Waals surface area contributed by atoms with Crippen molar-refractivity contribution >= 4 is 39.1 Å². The first kappa shape index (κ1) is 16.2. The van der Waals surface area contributed by atoms with Crippen LogP contribution in [0, 0.1) is 0 Å². The minimum atomic E-state index is -0.625. The van der Waals surface area contributed by atoms with Crippen molar-refractivity contribution < 1.29 is 14.3 Å². The van der Waals surface area contributed by atoms with Gasteiger partial charge in [0.15, 0.2) is 0 Å². The number of halogens is 1. The maximum absolute atomic E-state index is 11.9. The molecule has 2 unspecified atom stereocenters. The van der Waals surface area contributed by atoms with Crippen LogP contribution in [0.15, 0.2) is 15.9 Å². The number of thiophene rings is 1. The third kappa shape index (κ3) is 5.32. The molecule has 19 heavy (non-hydrogen) atoms. The van der Waals surface area contributed by atoms with Crippen molar-refractivity contribution in [1.29, 1.82) is 0 Å². The normalized spacial score (nSPS) is 13.7. The molecule has 0 aliphatic carbocycles. The van der Waals surface area contributed by atoms with E-state index in [2.05, 4.69) is 21.2 Å². The molecular weight excluding hydrogens is 330 g/mol. The van der Waals surface area contributed by atoms with Crippen LogP contribution in [0.5, 0.6) is 0 Å². The number of hydrogen-bond donors (Lipinski definition) is 1. The Morgan fingerprint density at radius 1 is 1.47 bits per heavy atom. The summed E-state index contributed by atoms with van der Waals surface area (Å²) in [6.07, 6.45) is 1.44. The fraction of sp³-hybridized carbons (Fsp3) is 0.538. The fourth-order valence-corrected chi connectivity index (χ4v) is 3.12. The number of ether oxygens (including phenoxy) is 1. The van der Waals surface area contributed by atoms with Gasteiger partial charge in [0, 0.05) is 11.8 Å². The van der Waals surface area contributed by atoms with E-state index in [9.17, 15) is 9.59 Å². The van der Waals surface area contributed by atoms with Crippen LogP contribution in [0.25, 0.3) is 0 Å². The highest BCUT2D eigenvalue weighted by atomic mass is 79.9. The molecule has 2 atom stereocenters. The van der Waals surface area contributed by atoms with Crippen LogP contribution in [-0.2, 0) is 14.3 Å². The number of carbonyl (C=O) groups excluding carboxylic acids is 2. The Hall–Kier alpha value is -0.880. The predicted octanol–water partition coefficient (Wildman–Crippen LogP) is 3.42. The number of rotatable bonds is 6. The molecule has 6 heteroatoms. The van der Waals surface area contributed by atoms with E-state index in [0.717, 1.165) is 21.5 Å². The highest BCUT2D eigenvalue weighted by molar-refractivity contribution is 9.11. The lowest BCUT2D eigenvalue weighted by atomic mass is 10.2. The van der Waals surface area contributed by atoms with Gasteiger partial charge in [-0.2, -0.15) is 0 Å². The molecule has 0 saturated carbocycles. The van der Waals surface area contributed by atoms with Gasteiger partial charge in [0.05, 0.1) is 3.79 Å². The summed E-state index contributed by atoms with van der Waals surface area (Å²) in [6, 6.07) is 3.26. The molecule has 0 bridgehead atoms. The fourth-order valence-electron chi connectivity index (χ4n) is 1.63. The van der Waals surface area contributed by atoms with Crippen molar-refractivity contribution in [3.63, 3.8) is 0 Å². The molecular formula is C13H18BrNO3S. The van der Waals surface area contributed by atoms with Crippen molar-refractivity contribution in [2.24, 2.45) is 0 Å². The number of nitrogens with one attached hydrogen (secondary N) is 1. The summed E-state index contributed by atoms with van der Waals surface area (Å²) in [6.45, 7) is 5.04. The average Bonchev–Trinajstić information content (AvgIpc) is 2.74. The highest BCUT2D eigenvalue weighted by Gasteiger charge is 2.22. The van der Waals surface area contributed by atoms with Crippen molar-refractivity contribution in [3.05, 3.63) is 20.8 Å². The van der Waals surface area contributed by atoms with Gasteiger partial charge in [0.1, 0.15) is 12.1 Å². The zero-order valence-electron chi connectivity index (χ0n) is 11.2. The van der Waals surface area contributed by atoms with Crippen LogP contribution in [0.1, 0.15) is 44.6 Å². The van der Waals surface area contributed by atoms with E-state index < -0.39 is 12.0 Å². The number of carbonyl (C=O) groups is 2. The monoisotopic (exact) mass is 347 g/mol. The number of esters is 1. The van der Waals surface area contributed by atoms with Gasteiger partial charge in [0.25, 0.3) is 0 Å². The van der Waals surface area contributed by atoms with E-state index in [1.165, 1.54) is 6.92 Å². The van der Waals surface area contributed by atoms with E-state index in [4.69, 9.17) is 4.74 Å². The molecule has 1 aromatic heterocycles. The molecule has 0 aliphatic rings. The van der Waals surface area contributed by atoms with E-state index >= 15 is 0 Å². The van der Waals surface area contributed by atoms with Crippen molar-refractivity contribution in [2.75, 3.05) is 0 Å². The van der Waals surface area contributed by atoms with Crippen LogP contribution in [0.4, 0.5) is 0 Å². The molecule has 0 fully saturated rings. The second kappa shape index (κ2) is 7.65. The second-order valence-electron chi connectivity index (χ2n) is 4.28. The molecule has 0 radical (unpaired) electrons. The number of amides is 1. The van der Waals surface area contributed by atoms with Crippen LogP contribution in [-0.4, -0.2) is 17.9 Å². The molecule has 0 aliphatic heterocycles.